The largest absolute Gasteiger partial charge is 0.493 e. The van der Waals surface area contributed by atoms with E-state index in [1.54, 1.807) is 12.1 Å². The van der Waals surface area contributed by atoms with E-state index in [9.17, 15) is 4.79 Å². The fourth-order valence-corrected chi connectivity index (χ4v) is 1.57. The fraction of sp³-hybridized carbons (Fsp3) is 0.0833. The minimum Gasteiger partial charge on any atom is -0.493 e. The molecule has 1 aromatic carbocycles. The van der Waals surface area contributed by atoms with Gasteiger partial charge in [0.05, 0.1) is 19.5 Å². The molecule has 1 aromatic heterocycles. The second-order valence-electron chi connectivity index (χ2n) is 3.42. The first-order valence-electron chi connectivity index (χ1n) is 5.17. The predicted molar refractivity (Wildman–Crippen MR) is 67.1 cm³/mol. The molecular weight excluding hydrogens is 272 g/mol. The number of methoxy groups -OCH3 is 1. The van der Waals surface area contributed by atoms with Crippen LogP contribution in [-0.4, -0.2) is 28.2 Å². The molecule has 2 rings (SSSR count). The number of carbonyl (C=O) groups is 1. The van der Waals surface area contributed by atoms with E-state index < -0.39 is 5.97 Å². The van der Waals surface area contributed by atoms with Crippen LogP contribution in [0.4, 0.5) is 0 Å². The molecule has 6 nitrogen and oxygen atoms in total. The van der Waals surface area contributed by atoms with E-state index in [1.807, 2.05) is 0 Å². The zero-order chi connectivity index (χ0) is 13.8. The van der Waals surface area contributed by atoms with Gasteiger partial charge in [-0.1, -0.05) is 17.7 Å². The number of hydrogen-bond acceptors (Lipinski definition) is 5. The number of rotatable bonds is 4. The van der Waals surface area contributed by atoms with Crippen molar-refractivity contribution in [3.8, 4) is 17.4 Å². The van der Waals surface area contributed by atoms with Crippen molar-refractivity contribution in [1.29, 1.82) is 0 Å². The Bertz CT molecular complexity index is 618. The van der Waals surface area contributed by atoms with Gasteiger partial charge in [-0.05, 0) is 12.1 Å². The van der Waals surface area contributed by atoms with E-state index in [1.165, 1.54) is 25.6 Å². The topological polar surface area (TPSA) is 81.5 Å². The minimum absolute atomic E-state index is 0.0406. The van der Waals surface area contributed by atoms with Gasteiger partial charge in [0.1, 0.15) is 5.56 Å². The molecule has 1 N–H and O–H groups in total. The number of carboxylic acid groups (broad SMARTS) is 1. The van der Waals surface area contributed by atoms with Gasteiger partial charge >= 0.3 is 5.97 Å². The summed E-state index contributed by atoms with van der Waals surface area (Å²) in [6, 6.07) is 4.54. The summed E-state index contributed by atoms with van der Waals surface area (Å²) in [5, 5.41) is 9.26. The maximum Gasteiger partial charge on any atom is 0.339 e. The van der Waals surface area contributed by atoms with Gasteiger partial charge in [0.25, 0.3) is 0 Å². The lowest BCUT2D eigenvalue weighted by molar-refractivity contribution is 0.0693. The molecule has 0 unspecified atom stereocenters. The van der Waals surface area contributed by atoms with Gasteiger partial charge in [-0.15, -0.1) is 0 Å². The van der Waals surface area contributed by atoms with E-state index >= 15 is 0 Å². The highest BCUT2D eigenvalue weighted by atomic mass is 35.5. The van der Waals surface area contributed by atoms with Crippen molar-refractivity contribution < 1.29 is 19.4 Å². The van der Waals surface area contributed by atoms with Crippen LogP contribution in [0.15, 0.2) is 30.6 Å². The van der Waals surface area contributed by atoms with Gasteiger partial charge in [0.2, 0.25) is 5.88 Å². The lowest BCUT2D eigenvalue weighted by Gasteiger charge is -2.11. The number of ether oxygens (including phenoxy) is 2. The summed E-state index contributed by atoms with van der Waals surface area (Å²) in [6.07, 6.45) is 2.67. The predicted octanol–water partition coefficient (Wildman–Crippen LogP) is 2.63. The summed E-state index contributed by atoms with van der Waals surface area (Å²) in [6.45, 7) is 0. The first kappa shape index (κ1) is 13.1. The molecule has 0 radical (unpaired) electrons. The van der Waals surface area contributed by atoms with Crippen LogP contribution in [0.3, 0.4) is 0 Å². The Labute approximate surface area is 113 Å². The van der Waals surface area contributed by atoms with Gasteiger partial charge in [0, 0.05) is 0 Å². The van der Waals surface area contributed by atoms with Crippen molar-refractivity contribution in [2.24, 2.45) is 0 Å². The second kappa shape index (κ2) is 5.53. The van der Waals surface area contributed by atoms with Crippen LogP contribution < -0.4 is 9.47 Å². The van der Waals surface area contributed by atoms with Gasteiger partial charge in [-0.25, -0.2) is 4.79 Å². The Balaban J connectivity index is 2.46. The molecule has 0 saturated carbocycles. The van der Waals surface area contributed by atoms with Crippen LogP contribution in [-0.2, 0) is 0 Å². The third-order valence-corrected chi connectivity index (χ3v) is 2.40. The quantitative estimate of drug-likeness (QED) is 0.927. The molecular formula is C12H9ClN2O4. The molecule has 19 heavy (non-hydrogen) atoms. The number of hydrogen-bond donors (Lipinski definition) is 1. The molecule has 0 aliphatic rings. The van der Waals surface area contributed by atoms with Gasteiger partial charge in [-0.2, -0.15) is 4.98 Å². The average molecular weight is 281 g/mol. The smallest absolute Gasteiger partial charge is 0.339 e. The summed E-state index contributed by atoms with van der Waals surface area (Å²) in [5.41, 5.74) is -0.0406. The average Bonchev–Trinajstić information content (AvgIpc) is 2.38. The van der Waals surface area contributed by atoms with Crippen molar-refractivity contribution in [1.82, 2.24) is 9.97 Å². The summed E-state index contributed by atoms with van der Waals surface area (Å²) in [7, 11) is 1.41. The van der Waals surface area contributed by atoms with Gasteiger partial charge in [0.15, 0.2) is 16.7 Å². The van der Waals surface area contributed by atoms with Gasteiger partial charge in [-0.3, -0.25) is 4.98 Å². The lowest BCUT2D eigenvalue weighted by atomic mass is 10.2. The van der Waals surface area contributed by atoms with E-state index in [-0.39, 0.29) is 28.1 Å². The number of aromatic carboxylic acids is 1. The van der Waals surface area contributed by atoms with Crippen molar-refractivity contribution in [2.45, 2.75) is 0 Å². The van der Waals surface area contributed by atoms with Crippen LogP contribution >= 0.6 is 11.6 Å². The highest BCUT2D eigenvalue weighted by Gasteiger charge is 2.17. The van der Waals surface area contributed by atoms with E-state index in [4.69, 9.17) is 26.2 Å². The molecule has 0 spiro atoms. The molecule has 0 saturated heterocycles. The Morgan fingerprint density at radius 2 is 2.16 bits per heavy atom. The molecule has 0 amide bonds. The first-order chi connectivity index (χ1) is 9.11. The van der Waals surface area contributed by atoms with Crippen LogP contribution in [0.5, 0.6) is 17.4 Å². The summed E-state index contributed by atoms with van der Waals surface area (Å²) < 4.78 is 10.5. The van der Waals surface area contributed by atoms with E-state index in [0.29, 0.717) is 0 Å². The lowest BCUT2D eigenvalue weighted by Crippen LogP contribution is -2.02. The monoisotopic (exact) mass is 280 g/mol. The molecule has 0 fully saturated rings. The second-order valence-corrected chi connectivity index (χ2v) is 3.81. The normalized spacial score (nSPS) is 10.0. The van der Waals surface area contributed by atoms with Crippen molar-refractivity contribution >= 4 is 17.6 Å². The minimum atomic E-state index is -1.14. The van der Waals surface area contributed by atoms with Crippen molar-refractivity contribution in [3.63, 3.8) is 0 Å². The molecule has 2 aromatic rings. The van der Waals surface area contributed by atoms with Crippen LogP contribution in [0.2, 0.25) is 5.15 Å². The number of carboxylic acids is 1. The number of para-hydroxylation sites is 1. The molecule has 0 aliphatic heterocycles. The number of halogens is 1. The molecule has 0 aliphatic carbocycles. The van der Waals surface area contributed by atoms with Crippen LogP contribution in [0.25, 0.3) is 0 Å². The number of aromatic nitrogens is 2. The maximum atomic E-state index is 11.1. The van der Waals surface area contributed by atoms with E-state index in [0.717, 1.165) is 0 Å². The Morgan fingerprint density at radius 3 is 2.79 bits per heavy atom. The molecule has 7 heteroatoms. The maximum absolute atomic E-state index is 11.1. The summed E-state index contributed by atoms with van der Waals surface area (Å²) in [5.74, 6) is -0.723. The SMILES string of the molecule is COc1cccc(C(=O)O)c1Oc1cncc(Cl)n1. The standard InChI is InChI=1S/C12H9ClN2O4/c1-18-8-4-2-3-7(12(16)17)11(8)19-10-6-14-5-9(13)15-10/h2-6H,1H3,(H,16,17). The van der Waals surface area contributed by atoms with Gasteiger partial charge < -0.3 is 14.6 Å². The highest BCUT2D eigenvalue weighted by molar-refractivity contribution is 6.29. The molecule has 98 valence electrons. The van der Waals surface area contributed by atoms with E-state index in [2.05, 4.69) is 9.97 Å². The molecule has 1 heterocycles. The molecule has 0 bridgehead atoms. The molecule has 0 atom stereocenters. The highest BCUT2D eigenvalue weighted by Crippen LogP contribution is 2.34. The van der Waals surface area contributed by atoms with Crippen molar-refractivity contribution in [2.75, 3.05) is 7.11 Å². The fourth-order valence-electron chi connectivity index (χ4n) is 1.43. The number of benzene rings is 1. The zero-order valence-corrected chi connectivity index (χ0v) is 10.6. The third kappa shape index (κ3) is 2.92. The Kier molecular flexibility index (Phi) is 3.82. The third-order valence-electron chi connectivity index (χ3n) is 2.22. The van der Waals surface area contributed by atoms with Crippen LogP contribution in [0, 0.1) is 0 Å². The summed E-state index contributed by atoms with van der Waals surface area (Å²) >= 11 is 5.69. The number of nitrogens with zero attached hydrogens (tertiary/aromatic N) is 2. The Morgan fingerprint density at radius 1 is 1.37 bits per heavy atom. The van der Waals surface area contributed by atoms with Crippen molar-refractivity contribution in [3.05, 3.63) is 41.3 Å². The first-order valence-corrected chi connectivity index (χ1v) is 5.55. The van der Waals surface area contributed by atoms with Crippen LogP contribution in [0.1, 0.15) is 10.4 Å². The Hall–Kier alpha value is -2.34. The summed E-state index contributed by atoms with van der Waals surface area (Å²) in [4.78, 5) is 18.8. The zero-order valence-electron chi connectivity index (χ0n) is 9.83.